The minimum absolute atomic E-state index is 0.461. The van der Waals surface area contributed by atoms with Crippen LogP contribution in [-0.4, -0.2) is 36.1 Å². The molecule has 1 N–H and O–H groups in total. The lowest BCUT2D eigenvalue weighted by Gasteiger charge is -2.23. The van der Waals surface area contributed by atoms with Crippen LogP contribution >= 0.6 is 11.3 Å². The second kappa shape index (κ2) is 4.82. The first kappa shape index (κ1) is 12.0. The van der Waals surface area contributed by atoms with Crippen LogP contribution in [0, 0.1) is 13.8 Å². The highest BCUT2D eigenvalue weighted by atomic mass is 32.1. The Kier molecular flexibility index (Phi) is 3.62. The molecule has 90 valence electrons. The molecule has 4 heteroatoms. The summed E-state index contributed by atoms with van der Waals surface area (Å²) >= 11 is 1.81. The fourth-order valence-electron chi connectivity index (χ4n) is 2.48. The van der Waals surface area contributed by atoms with Gasteiger partial charge in [-0.3, -0.25) is 4.90 Å². The zero-order valence-corrected chi connectivity index (χ0v) is 11.4. The van der Waals surface area contributed by atoms with Gasteiger partial charge in [-0.15, -0.1) is 11.3 Å². The highest BCUT2D eigenvalue weighted by molar-refractivity contribution is 7.11. The fourth-order valence-corrected chi connectivity index (χ4v) is 3.39. The summed E-state index contributed by atoms with van der Waals surface area (Å²) in [5.41, 5.74) is 1.28. The molecule has 2 heterocycles. The largest absolute Gasteiger partial charge is 0.316 e. The highest BCUT2D eigenvalue weighted by Crippen LogP contribution is 2.29. The molecule has 1 aliphatic rings. The number of aromatic nitrogens is 1. The van der Waals surface area contributed by atoms with Crippen LogP contribution in [0.4, 0.5) is 0 Å². The summed E-state index contributed by atoms with van der Waals surface area (Å²) in [5.74, 6) is 0. The van der Waals surface area contributed by atoms with Crippen molar-refractivity contribution in [2.75, 3.05) is 20.1 Å². The maximum absolute atomic E-state index is 4.66. The third-order valence-corrected chi connectivity index (χ3v) is 4.41. The molecule has 1 aromatic heterocycles. The molecule has 2 rings (SSSR count). The molecule has 1 aromatic rings. The van der Waals surface area contributed by atoms with Crippen molar-refractivity contribution in [2.24, 2.45) is 0 Å². The average Bonchev–Trinajstić information content (AvgIpc) is 2.84. The highest BCUT2D eigenvalue weighted by Gasteiger charge is 2.27. The average molecular weight is 239 g/mol. The van der Waals surface area contributed by atoms with Crippen molar-refractivity contribution in [3.05, 3.63) is 15.6 Å². The second-order valence-corrected chi connectivity index (χ2v) is 6.03. The predicted octanol–water partition coefficient (Wildman–Crippen LogP) is 2.11. The Labute approximate surface area is 102 Å². The number of thiazole rings is 1. The molecule has 1 saturated heterocycles. The van der Waals surface area contributed by atoms with Gasteiger partial charge in [0.05, 0.1) is 16.7 Å². The SMILES string of the molecule is CNC1CCN(C(C)c2nc(C)sc2C)C1. The van der Waals surface area contributed by atoms with Crippen LogP contribution in [0.25, 0.3) is 0 Å². The molecule has 2 unspecified atom stereocenters. The zero-order chi connectivity index (χ0) is 11.7. The van der Waals surface area contributed by atoms with Crippen LogP contribution in [0.2, 0.25) is 0 Å². The van der Waals surface area contributed by atoms with Gasteiger partial charge in [-0.1, -0.05) is 0 Å². The molecular formula is C12H21N3S. The lowest BCUT2D eigenvalue weighted by atomic mass is 10.2. The predicted molar refractivity (Wildman–Crippen MR) is 69.0 cm³/mol. The number of likely N-dealkylation sites (N-methyl/N-ethyl adjacent to an activating group) is 1. The monoisotopic (exact) mass is 239 g/mol. The van der Waals surface area contributed by atoms with Gasteiger partial charge in [0.1, 0.15) is 0 Å². The van der Waals surface area contributed by atoms with Crippen LogP contribution in [0.1, 0.15) is 35.0 Å². The Balaban J connectivity index is 2.08. The van der Waals surface area contributed by atoms with Gasteiger partial charge in [-0.05, 0) is 34.2 Å². The maximum atomic E-state index is 4.66. The number of aryl methyl sites for hydroxylation is 2. The molecule has 0 saturated carbocycles. The summed E-state index contributed by atoms with van der Waals surface area (Å²) in [7, 11) is 2.05. The lowest BCUT2D eigenvalue weighted by molar-refractivity contribution is 0.252. The molecule has 0 aliphatic carbocycles. The van der Waals surface area contributed by atoms with E-state index in [1.807, 2.05) is 11.3 Å². The Bertz CT molecular complexity index is 361. The topological polar surface area (TPSA) is 28.2 Å². The lowest BCUT2D eigenvalue weighted by Crippen LogP contribution is -2.31. The molecule has 16 heavy (non-hydrogen) atoms. The quantitative estimate of drug-likeness (QED) is 0.875. The summed E-state index contributed by atoms with van der Waals surface area (Å²) in [4.78, 5) is 8.57. The first-order valence-electron chi connectivity index (χ1n) is 5.97. The van der Waals surface area contributed by atoms with E-state index in [0.29, 0.717) is 12.1 Å². The Hall–Kier alpha value is -0.450. The number of hydrogen-bond donors (Lipinski definition) is 1. The molecule has 0 amide bonds. The third-order valence-electron chi connectivity index (χ3n) is 3.51. The number of nitrogens with zero attached hydrogens (tertiary/aromatic N) is 2. The van der Waals surface area contributed by atoms with E-state index < -0.39 is 0 Å². The van der Waals surface area contributed by atoms with Crippen molar-refractivity contribution >= 4 is 11.3 Å². The minimum atomic E-state index is 0.461. The van der Waals surface area contributed by atoms with E-state index in [1.165, 1.54) is 28.5 Å². The molecule has 0 aromatic carbocycles. The number of rotatable bonds is 3. The van der Waals surface area contributed by atoms with Gasteiger partial charge < -0.3 is 5.32 Å². The van der Waals surface area contributed by atoms with Crippen LogP contribution in [0.3, 0.4) is 0 Å². The first-order chi connectivity index (χ1) is 7.61. The first-order valence-corrected chi connectivity index (χ1v) is 6.78. The van der Waals surface area contributed by atoms with E-state index in [4.69, 9.17) is 0 Å². The van der Waals surface area contributed by atoms with Gasteiger partial charge in [-0.2, -0.15) is 0 Å². The van der Waals surface area contributed by atoms with Crippen molar-refractivity contribution in [1.82, 2.24) is 15.2 Å². The van der Waals surface area contributed by atoms with E-state index >= 15 is 0 Å². The van der Waals surface area contributed by atoms with Crippen molar-refractivity contribution < 1.29 is 0 Å². The molecule has 0 radical (unpaired) electrons. The number of nitrogens with one attached hydrogen (secondary N) is 1. The number of hydrogen-bond acceptors (Lipinski definition) is 4. The van der Waals surface area contributed by atoms with Gasteiger partial charge in [0.2, 0.25) is 0 Å². The van der Waals surface area contributed by atoms with E-state index in [1.54, 1.807) is 0 Å². The normalized spacial score (nSPS) is 23.9. The molecular weight excluding hydrogens is 218 g/mol. The van der Waals surface area contributed by atoms with Crippen LogP contribution < -0.4 is 5.32 Å². The number of likely N-dealkylation sites (tertiary alicyclic amines) is 1. The van der Waals surface area contributed by atoms with Gasteiger partial charge in [0.15, 0.2) is 0 Å². The molecule has 3 nitrogen and oxygen atoms in total. The molecule has 0 bridgehead atoms. The van der Waals surface area contributed by atoms with E-state index in [-0.39, 0.29) is 0 Å². The Morgan fingerprint density at radius 1 is 1.50 bits per heavy atom. The summed E-state index contributed by atoms with van der Waals surface area (Å²) in [6, 6.07) is 1.12. The van der Waals surface area contributed by atoms with Gasteiger partial charge >= 0.3 is 0 Å². The summed E-state index contributed by atoms with van der Waals surface area (Å²) in [6.45, 7) is 8.88. The minimum Gasteiger partial charge on any atom is -0.316 e. The Morgan fingerprint density at radius 3 is 2.75 bits per heavy atom. The van der Waals surface area contributed by atoms with Gasteiger partial charge in [0, 0.05) is 24.0 Å². The molecule has 1 aliphatic heterocycles. The standard InChI is InChI=1S/C12H21N3S/c1-8(12-9(2)16-10(3)14-12)15-6-5-11(7-15)13-4/h8,11,13H,5-7H2,1-4H3. The summed E-state index contributed by atoms with van der Waals surface area (Å²) in [5, 5.41) is 4.54. The third kappa shape index (κ3) is 2.29. The second-order valence-electron chi connectivity index (χ2n) is 4.62. The summed E-state index contributed by atoms with van der Waals surface area (Å²) < 4.78 is 0. The smallest absolute Gasteiger partial charge is 0.0900 e. The van der Waals surface area contributed by atoms with Gasteiger partial charge in [0.25, 0.3) is 0 Å². The van der Waals surface area contributed by atoms with E-state index in [2.05, 4.69) is 43.0 Å². The van der Waals surface area contributed by atoms with E-state index in [0.717, 1.165) is 6.54 Å². The van der Waals surface area contributed by atoms with Crippen molar-refractivity contribution in [1.29, 1.82) is 0 Å². The van der Waals surface area contributed by atoms with Crippen LogP contribution in [-0.2, 0) is 0 Å². The molecule has 2 atom stereocenters. The fraction of sp³-hybridized carbons (Fsp3) is 0.750. The van der Waals surface area contributed by atoms with Gasteiger partial charge in [-0.25, -0.2) is 4.98 Å². The van der Waals surface area contributed by atoms with Crippen LogP contribution in [0.15, 0.2) is 0 Å². The molecule has 1 fully saturated rings. The van der Waals surface area contributed by atoms with Crippen LogP contribution in [0.5, 0.6) is 0 Å². The zero-order valence-electron chi connectivity index (χ0n) is 10.6. The summed E-state index contributed by atoms with van der Waals surface area (Å²) in [6.07, 6.45) is 1.25. The molecule has 0 spiro atoms. The van der Waals surface area contributed by atoms with Crippen molar-refractivity contribution in [2.45, 2.75) is 39.3 Å². The Morgan fingerprint density at radius 2 is 2.25 bits per heavy atom. The van der Waals surface area contributed by atoms with Crippen molar-refractivity contribution in [3.63, 3.8) is 0 Å². The van der Waals surface area contributed by atoms with E-state index in [9.17, 15) is 0 Å². The maximum Gasteiger partial charge on any atom is 0.0900 e. The van der Waals surface area contributed by atoms with Crippen molar-refractivity contribution in [3.8, 4) is 0 Å².